The smallest absolute Gasteiger partial charge is 0.190 e. The van der Waals surface area contributed by atoms with E-state index in [2.05, 4.69) is 69.2 Å². The first kappa shape index (κ1) is 31.2. The maximum atomic E-state index is 11.8. The third-order valence-electron chi connectivity index (χ3n) is 8.88. The Morgan fingerprint density at radius 1 is 0.810 bits per heavy atom. The van der Waals surface area contributed by atoms with Gasteiger partial charge in [0.25, 0.3) is 0 Å². The lowest BCUT2D eigenvalue weighted by molar-refractivity contribution is 0.531. The lowest BCUT2D eigenvalue weighted by atomic mass is 10.1. The molecule has 2 aliphatic rings. The molecule has 220 valence electrons. The van der Waals surface area contributed by atoms with E-state index in [0.29, 0.717) is 18.2 Å². The van der Waals surface area contributed by atoms with E-state index in [1.54, 1.807) is 0 Å². The van der Waals surface area contributed by atoms with Crippen molar-refractivity contribution in [2.45, 2.75) is 75.0 Å². The molecule has 0 unspecified atom stereocenters. The number of benzene rings is 2. The number of rotatable bonds is 4. The minimum Gasteiger partial charge on any atom is -0.343 e. The minimum atomic E-state index is -2.97. The van der Waals surface area contributed by atoms with E-state index < -0.39 is 9.84 Å². The summed E-state index contributed by atoms with van der Waals surface area (Å²) in [6.07, 6.45) is 13.8. The summed E-state index contributed by atoms with van der Waals surface area (Å²) in [5.41, 5.74) is 5.76. The molecular weight excluding hydrogens is 696 g/mol. The number of nitrogens with zero attached hydrogens (tertiary/aromatic N) is 4. The fourth-order valence-corrected chi connectivity index (χ4v) is 9.48. The van der Waals surface area contributed by atoms with Gasteiger partial charge in [0.05, 0.1) is 18.4 Å². The van der Waals surface area contributed by atoms with Crippen molar-refractivity contribution in [1.29, 1.82) is 0 Å². The van der Waals surface area contributed by atoms with Crippen LogP contribution in [0.2, 0.25) is 0 Å². The van der Waals surface area contributed by atoms with Crippen LogP contribution in [0.3, 0.4) is 0 Å². The molecule has 0 radical (unpaired) electrons. The first-order valence-corrected chi connectivity index (χ1v) is 18.9. The normalized spacial score (nSPS) is 22.2. The van der Waals surface area contributed by atoms with Crippen LogP contribution in [0, 0.1) is 27.0 Å². The van der Waals surface area contributed by atoms with Gasteiger partial charge < -0.3 is 9.13 Å². The van der Waals surface area contributed by atoms with Gasteiger partial charge in [-0.1, -0.05) is 0 Å². The molecule has 0 spiro atoms. The summed E-state index contributed by atoms with van der Waals surface area (Å²) in [5.74, 6) is 0. The first-order chi connectivity index (χ1) is 19.9. The Hall–Kier alpha value is -2.24. The first-order valence-electron chi connectivity index (χ1n) is 14.0. The van der Waals surface area contributed by atoms with Crippen LogP contribution in [-0.2, 0) is 9.84 Å². The second-order valence-corrected chi connectivity index (χ2v) is 16.7. The standard InChI is InChI=1S/C16H17BrN2O2S.C16H17BrN2S/c1-10-6-16-13(8-15(10)18-2)14(17)9-19(16)11-4-5-12(7-11)22(3,20)21;1-10-6-16-13(8-15(10)18-2)14(17)9-19(16)11-4-5-12(7-11)20-3/h6,8-9,11-12H,4-5,7H2,1,3H3;6,8-9,11-12H,4-5,7H2,1,3H3/t2*11-,12+/m11/s1. The van der Waals surface area contributed by atoms with Gasteiger partial charge in [-0.3, -0.25) is 0 Å². The van der Waals surface area contributed by atoms with Crippen molar-refractivity contribution in [3.63, 3.8) is 0 Å². The summed E-state index contributed by atoms with van der Waals surface area (Å²) in [6, 6.07) is 8.91. The predicted octanol–water partition coefficient (Wildman–Crippen LogP) is 10.1. The Labute approximate surface area is 269 Å². The third-order valence-corrected chi connectivity index (χ3v) is 12.9. The maximum Gasteiger partial charge on any atom is 0.190 e. The number of fused-ring (bicyclic) bond motifs is 2. The van der Waals surface area contributed by atoms with E-state index in [4.69, 9.17) is 13.1 Å². The maximum absolute atomic E-state index is 11.8. The molecule has 2 aromatic carbocycles. The van der Waals surface area contributed by atoms with Crippen LogP contribution in [0.15, 0.2) is 45.6 Å². The zero-order valence-corrected chi connectivity index (χ0v) is 29.0. The van der Waals surface area contributed by atoms with Crippen LogP contribution >= 0.6 is 43.6 Å². The Morgan fingerprint density at radius 2 is 1.29 bits per heavy atom. The number of aryl methyl sites for hydroxylation is 2. The summed E-state index contributed by atoms with van der Waals surface area (Å²) in [7, 11) is -2.97. The van der Waals surface area contributed by atoms with Crippen molar-refractivity contribution in [2.75, 3.05) is 12.5 Å². The molecule has 0 aliphatic heterocycles. The van der Waals surface area contributed by atoms with Gasteiger partial charge in [0.15, 0.2) is 11.4 Å². The molecule has 2 fully saturated rings. The Morgan fingerprint density at radius 3 is 1.69 bits per heavy atom. The number of thioether (sulfide) groups is 1. The van der Waals surface area contributed by atoms with Crippen molar-refractivity contribution in [1.82, 2.24) is 9.13 Å². The SMILES string of the molecule is [C-]#[N+]c1cc2c(Br)cn([C@@H]3CC[C@H](S(C)(=O)=O)C3)c2cc1C.[C-]#[N+]c1cc2c(Br)cn([C@@H]3CC[C@H](SC)C3)c2cc1C. The van der Waals surface area contributed by atoms with Gasteiger partial charge in [-0.15, -0.1) is 0 Å². The Kier molecular flexibility index (Phi) is 9.21. The second-order valence-electron chi connectivity index (χ2n) is 11.5. The fourth-order valence-electron chi connectivity index (χ4n) is 6.48. The molecule has 4 atom stereocenters. The van der Waals surface area contributed by atoms with Crippen LogP contribution in [0.1, 0.15) is 61.7 Å². The van der Waals surface area contributed by atoms with Crippen LogP contribution in [0.4, 0.5) is 11.4 Å². The molecule has 0 amide bonds. The van der Waals surface area contributed by atoms with Gasteiger partial charge in [0, 0.05) is 66.7 Å². The molecule has 0 bridgehead atoms. The molecule has 6 nitrogen and oxygen atoms in total. The van der Waals surface area contributed by atoms with Crippen molar-refractivity contribution in [3.05, 3.63) is 79.6 Å². The molecule has 4 aromatic rings. The molecule has 0 saturated heterocycles. The van der Waals surface area contributed by atoms with E-state index in [1.165, 1.54) is 31.0 Å². The van der Waals surface area contributed by atoms with Crippen LogP contribution in [0.5, 0.6) is 0 Å². The van der Waals surface area contributed by atoms with Crippen molar-refractivity contribution >= 4 is 86.6 Å². The zero-order chi connectivity index (χ0) is 30.3. The van der Waals surface area contributed by atoms with Gasteiger partial charge in [0.1, 0.15) is 9.84 Å². The lowest BCUT2D eigenvalue weighted by Crippen LogP contribution is -2.16. The van der Waals surface area contributed by atoms with Gasteiger partial charge in [-0.05, 0) is 126 Å². The lowest BCUT2D eigenvalue weighted by Gasteiger charge is -2.15. The summed E-state index contributed by atoms with van der Waals surface area (Å²) < 4.78 is 30.2. The second kappa shape index (κ2) is 12.4. The summed E-state index contributed by atoms with van der Waals surface area (Å²) in [6.45, 7) is 18.5. The molecule has 2 aromatic heterocycles. The number of halogens is 2. The Bertz CT molecular complexity index is 1860. The van der Waals surface area contributed by atoms with Gasteiger partial charge in [-0.2, -0.15) is 11.8 Å². The fraction of sp³-hybridized carbons (Fsp3) is 0.438. The molecule has 2 aliphatic carbocycles. The molecular formula is C32H34Br2N4O2S2. The highest BCUT2D eigenvalue weighted by Crippen LogP contribution is 2.42. The van der Waals surface area contributed by atoms with Gasteiger partial charge in [0.2, 0.25) is 0 Å². The Balaban J connectivity index is 0.000000169. The van der Waals surface area contributed by atoms with Gasteiger partial charge in [-0.25, -0.2) is 18.1 Å². The third kappa shape index (κ3) is 6.06. The predicted molar refractivity (Wildman–Crippen MR) is 183 cm³/mol. The molecule has 0 N–H and O–H groups in total. The molecule has 6 rings (SSSR count). The van der Waals surface area contributed by atoms with Crippen LogP contribution < -0.4 is 0 Å². The molecule has 2 heterocycles. The van der Waals surface area contributed by atoms with E-state index in [9.17, 15) is 8.42 Å². The summed E-state index contributed by atoms with van der Waals surface area (Å²) in [4.78, 5) is 7.16. The van der Waals surface area contributed by atoms with E-state index in [1.807, 2.05) is 50.0 Å². The van der Waals surface area contributed by atoms with Crippen molar-refractivity contribution in [3.8, 4) is 0 Å². The molecule has 2 saturated carbocycles. The largest absolute Gasteiger partial charge is 0.343 e. The van der Waals surface area contributed by atoms with Crippen molar-refractivity contribution in [2.24, 2.45) is 0 Å². The number of aromatic nitrogens is 2. The van der Waals surface area contributed by atoms with Crippen LogP contribution in [0.25, 0.3) is 31.5 Å². The van der Waals surface area contributed by atoms with E-state index in [-0.39, 0.29) is 11.3 Å². The number of hydrogen-bond acceptors (Lipinski definition) is 3. The average molecular weight is 731 g/mol. The zero-order valence-electron chi connectivity index (χ0n) is 24.2. The highest BCUT2D eigenvalue weighted by Gasteiger charge is 2.33. The topological polar surface area (TPSA) is 52.7 Å². The highest BCUT2D eigenvalue weighted by molar-refractivity contribution is 9.11. The molecule has 42 heavy (non-hydrogen) atoms. The summed E-state index contributed by atoms with van der Waals surface area (Å²) >= 11 is 9.21. The van der Waals surface area contributed by atoms with E-state index in [0.717, 1.165) is 60.1 Å². The average Bonchev–Trinajstić information content (AvgIpc) is 3.74. The van der Waals surface area contributed by atoms with Gasteiger partial charge >= 0.3 is 0 Å². The number of sulfone groups is 1. The molecule has 10 heteroatoms. The minimum absolute atomic E-state index is 0.201. The highest BCUT2D eigenvalue weighted by atomic mass is 79.9. The van der Waals surface area contributed by atoms with Crippen LogP contribution in [-0.4, -0.2) is 40.6 Å². The van der Waals surface area contributed by atoms with E-state index >= 15 is 0 Å². The summed E-state index contributed by atoms with van der Waals surface area (Å²) in [5, 5.41) is 2.73. The monoisotopic (exact) mass is 728 g/mol. The quantitative estimate of drug-likeness (QED) is 0.197. The number of hydrogen-bond donors (Lipinski definition) is 0. The van der Waals surface area contributed by atoms with Crippen molar-refractivity contribution < 1.29 is 8.42 Å².